The van der Waals surface area contributed by atoms with Crippen LogP contribution in [0, 0.1) is 27.7 Å². The average Bonchev–Trinajstić information content (AvgIpc) is 3.03. The van der Waals surface area contributed by atoms with Crippen LogP contribution >= 0.6 is 0 Å². The van der Waals surface area contributed by atoms with Gasteiger partial charge in [0.2, 0.25) is 0 Å². The van der Waals surface area contributed by atoms with Crippen molar-refractivity contribution in [2.75, 3.05) is 5.32 Å². The number of nitrogens with zero attached hydrogens (tertiary/aromatic N) is 2. The number of carbonyl (C=O) groups is 2. The first kappa shape index (κ1) is 22.0. The van der Waals surface area contributed by atoms with E-state index in [2.05, 4.69) is 10.4 Å². The maximum atomic E-state index is 12.4. The zero-order valence-electron chi connectivity index (χ0n) is 18.5. The van der Waals surface area contributed by atoms with Crippen LogP contribution in [-0.2, 0) is 14.3 Å². The number of rotatable bonds is 6. The zero-order chi connectivity index (χ0) is 22.5. The van der Waals surface area contributed by atoms with Gasteiger partial charge < -0.3 is 10.1 Å². The molecule has 1 amide bonds. The molecule has 0 bridgehead atoms. The highest BCUT2D eigenvalue weighted by molar-refractivity contribution is 5.97. The van der Waals surface area contributed by atoms with Crippen molar-refractivity contribution < 1.29 is 14.3 Å². The van der Waals surface area contributed by atoms with E-state index in [1.807, 2.05) is 80.9 Å². The summed E-state index contributed by atoms with van der Waals surface area (Å²) in [5, 5.41) is 7.37. The highest BCUT2D eigenvalue weighted by atomic mass is 16.5. The second-order valence-corrected chi connectivity index (χ2v) is 7.55. The van der Waals surface area contributed by atoms with Crippen LogP contribution in [-0.4, -0.2) is 27.8 Å². The molecular formula is C25H27N3O3. The summed E-state index contributed by atoms with van der Waals surface area (Å²) in [5.74, 6) is -0.963. The Morgan fingerprint density at radius 1 is 1.06 bits per heavy atom. The Balaban J connectivity index is 1.66. The first-order valence-electron chi connectivity index (χ1n) is 10.1. The average molecular weight is 418 g/mol. The van der Waals surface area contributed by atoms with Crippen LogP contribution in [0.25, 0.3) is 11.8 Å². The molecule has 2 aromatic carbocycles. The second kappa shape index (κ2) is 9.43. The van der Waals surface area contributed by atoms with Crippen LogP contribution in [0.1, 0.15) is 35.0 Å². The number of ether oxygens (including phenoxy) is 1. The van der Waals surface area contributed by atoms with Crippen molar-refractivity contribution in [2.24, 2.45) is 0 Å². The molecule has 1 heterocycles. The van der Waals surface area contributed by atoms with Gasteiger partial charge >= 0.3 is 5.97 Å². The second-order valence-electron chi connectivity index (χ2n) is 7.55. The topological polar surface area (TPSA) is 73.2 Å². The third-order valence-corrected chi connectivity index (χ3v) is 5.05. The molecule has 0 fully saturated rings. The Morgan fingerprint density at radius 3 is 2.48 bits per heavy atom. The third-order valence-electron chi connectivity index (χ3n) is 5.05. The normalized spacial score (nSPS) is 12.0. The molecule has 160 valence electrons. The zero-order valence-corrected chi connectivity index (χ0v) is 18.5. The van der Waals surface area contributed by atoms with Gasteiger partial charge in [-0.05, 0) is 70.0 Å². The minimum absolute atomic E-state index is 0.375. The number of esters is 1. The lowest BCUT2D eigenvalue weighted by Crippen LogP contribution is -2.29. The van der Waals surface area contributed by atoms with Crippen molar-refractivity contribution in [3.63, 3.8) is 0 Å². The van der Waals surface area contributed by atoms with Crippen molar-refractivity contribution in [2.45, 2.75) is 40.7 Å². The number of benzene rings is 2. The van der Waals surface area contributed by atoms with E-state index in [4.69, 9.17) is 4.74 Å². The van der Waals surface area contributed by atoms with Crippen molar-refractivity contribution in [1.29, 1.82) is 0 Å². The van der Waals surface area contributed by atoms with Gasteiger partial charge in [0, 0.05) is 23.0 Å². The van der Waals surface area contributed by atoms with Crippen LogP contribution in [0.15, 0.2) is 54.6 Å². The van der Waals surface area contributed by atoms with E-state index in [-0.39, 0.29) is 5.91 Å². The summed E-state index contributed by atoms with van der Waals surface area (Å²) in [6, 6.07) is 15.6. The summed E-state index contributed by atoms with van der Waals surface area (Å²) >= 11 is 0. The first-order valence-corrected chi connectivity index (χ1v) is 10.1. The summed E-state index contributed by atoms with van der Waals surface area (Å²) in [7, 11) is 0. The molecule has 1 N–H and O–H groups in total. The minimum Gasteiger partial charge on any atom is -0.449 e. The Morgan fingerprint density at radius 2 is 1.77 bits per heavy atom. The SMILES string of the molecule is Cc1ccc(C)c(NC(=O)[C@@H](C)OC(=O)/C=C/c2c(C)nn(-c3ccccc3)c2C)c1. The van der Waals surface area contributed by atoms with E-state index >= 15 is 0 Å². The number of anilines is 1. The minimum atomic E-state index is -0.925. The quantitative estimate of drug-likeness (QED) is 0.466. The standard InChI is InChI=1S/C25H27N3O3/c1-16-11-12-17(2)23(15-16)26-25(30)20(5)31-24(29)14-13-22-18(3)27-28(19(22)4)21-9-7-6-8-10-21/h6-15,20H,1-5H3,(H,26,30)/b14-13+/t20-/m1/s1. The predicted octanol–water partition coefficient (Wildman–Crippen LogP) is 4.69. The van der Waals surface area contributed by atoms with E-state index < -0.39 is 12.1 Å². The van der Waals surface area contributed by atoms with Crippen LogP contribution in [0.3, 0.4) is 0 Å². The van der Waals surface area contributed by atoms with Crippen molar-refractivity contribution >= 4 is 23.6 Å². The molecule has 0 aliphatic heterocycles. The Bertz CT molecular complexity index is 1130. The summed E-state index contributed by atoms with van der Waals surface area (Å²) in [6.07, 6.45) is 2.08. The predicted molar refractivity (Wildman–Crippen MR) is 122 cm³/mol. The van der Waals surface area contributed by atoms with Gasteiger partial charge in [0.25, 0.3) is 5.91 Å². The number of nitrogens with one attached hydrogen (secondary N) is 1. The smallest absolute Gasteiger partial charge is 0.331 e. The van der Waals surface area contributed by atoms with Gasteiger partial charge in [0.05, 0.1) is 11.4 Å². The van der Waals surface area contributed by atoms with Crippen molar-refractivity contribution in [3.05, 3.63) is 82.7 Å². The number of hydrogen-bond donors (Lipinski definition) is 1. The molecule has 6 nitrogen and oxygen atoms in total. The molecule has 0 unspecified atom stereocenters. The molecule has 0 saturated heterocycles. The van der Waals surface area contributed by atoms with Gasteiger partial charge in [0.1, 0.15) is 0 Å². The lowest BCUT2D eigenvalue weighted by Gasteiger charge is -2.14. The van der Waals surface area contributed by atoms with Crippen molar-refractivity contribution in [1.82, 2.24) is 9.78 Å². The summed E-state index contributed by atoms with van der Waals surface area (Å²) in [4.78, 5) is 24.7. The van der Waals surface area contributed by atoms with Gasteiger partial charge in [-0.2, -0.15) is 5.10 Å². The van der Waals surface area contributed by atoms with Gasteiger partial charge in [-0.25, -0.2) is 9.48 Å². The molecule has 1 atom stereocenters. The molecule has 0 aliphatic rings. The van der Waals surface area contributed by atoms with E-state index in [1.54, 1.807) is 13.0 Å². The van der Waals surface area contributed by atoms with E-state index in [0.29, 0.717) is 5.69 Å². The molecule has 31 heavy (non-hydrogen) atoms. The number of hydrogen-bond acceptors (Lipinski definition) is 4. The van der Waals surface area contributed by atoms with Crippen LogP contribution in [0.5, 0.6) is 0 Å². The third kappa shape index (κ3) is 5.28. The number of aromatic nitrogens is 2. The largest absolute Gasteiger partial charge is 0.449 e. The number of aryl methyl sites for hydroxylation is 3. The fourth-order valence-corrected chi connectivity index (χ4v) is 3.24. The number of amides is 1. The van der Waals surface area contributed by atoms with Gasteiger partial charge in [0.15, 0.2) is 6.10 Å². The number of para-hydroxylation sites is 1. The van der Waals surface area contributed by atoms with Crippen LogP contribution in [0.4, 0.5) is 5.69 Å². The fourth-order valence-electron chi connectivity index (χ4n) is 3.24. The highest BCUT2D eigenvalue weighted by Crippen LogP contribution is 2.20. The Labute approximate surface area is 182 Å². The summed E-state index contributed by atoms with van der Waals surface area (Å²) in [6.45, 7) is 9.24. The van der Waals surface area contributed by atoms with E-state index in [1.165, 1.54) is 6.08 Å². The van der Waals surface area contributed by atoms with Gasteiger partial charge in [-0.1, -0.05) is 30.3 Å². The summed E-state index contributed by atoms with van der Waals surface area (Å²) < 4.78 is 7.12. The fraction of sp³-hybridized carbons (Fsp3) is 0.240. The molecule has 0 radical (unpaired) electrons. The maximum Gasteiger partial charge on any atom is 0.331 e. The molecule has 3 rings (SSSR count). The molecule has 3 aromatic rings. The maximum absolute atomic E-state index is 12.4. The summed E-state index contributed by atoms with van der Waals surface area (Å²) in [5.41, 5.74) is 6.19. The lowest BCUT2D eigenvalue weighted by molar-refractivity contribution is -0.148. The highest BCUT2D eigenvalue weighted by Gasteiger charge is 2.18. The first-order chi connectivity index (χ1) is 14.8. The Kier molecular flexibility index (Phi) is 6.70. The molecule has 0 saturated carbocycles. The molecule has 0 spiro atoms. The molecule has 0 aliphatic carbocycles. The molecule has 1 aromatic heterocycles. The van der Waals surface area contributed by atoms with Crippen molar-refractivity contribution in [3.8, 4) is 5.69 Å². The van der Waals surface area contributed by atoms with Crippen LogP contribution in [0.2, 0.25) is 0 Å². The Hall–Kier alpha value is -3.67. The van der Waals surface area contributed by atoms with Gasteiger partial charge in [-0.15, -0.1) is 0 Å². The monoisotopic (exact) mass is 417 g/mol. The molecule has 6 heteroatoms. The van der Waals surface area contributed by atoms with Crippen LogP contribution < -0.4 is 5.32 Å². The van der Waals surface area contributed by atoms with Gasteiger partial charge in [-0.3, -0.25) is 4.79 Å². The number of carbonyl (C=O) groups excluding carboxylic acids is 2. The van der Waals surface area contributed by atoms with E-state index in [9.17, 15) is 9.59 Å². The van der Waals surface area contributed by atoms with E-state index in [0.717, 1.165) is 33.8 Å². The molecular weight excluding hydrogens is 390 g/mol. The lowest BCUT2D eigenvalue weighted by atomic mass is 10.1.